The number of unbranched alkanes of at least 4 members (excludes halogenated alkanes) is 3. The van der Waals surface area contributed by atoms with Gasteiger partial charge in [0.1, 0.15) is 0 Å². The van der Waals surface area contributed by atoms with E-state index in [-0.39, 0.29) is 0 Å². The lowest BCUT2D eigenvalue weighted by Crippen LogP contribution is -2.53. The standard InChI is InChI=1S/C13H28N2/c1-4-5-6-7-8-12(2)15-10-9-14-11-13(15)3/h12-14H,4-11H2,1-3H3/t12-,13-/m0/s1. The van der Waals surface area contributed by atoms with E-state index in [9.17, 15) is 0 Å². The number of hydrogen-bond donors (Lipinski definition) is 1. The first-order valence-corrected chi connectivity index (χ1v) is 6.72. The van der Waals surface area contributed by atoms with Crippen molar-refractivity contribution >= 4 is 0 Å². The van der Waals surface area contributed by atoms with E-state index < -0.39 is 0 Å². The minimum atomic E-state index is 0.722. The molecule has 0 aromatic carbocycles. The van der Waals surface area contributed by atoms with Crippen molar-refractivity contribution in [1.29, 1.82) is 0 Å². The van der Waals surface area contributed by atoms with Crippen LogP contribution < -0.4 is 5.32 Å². The van der Waals surface area contributed by atoms with E-state index in [1.165, 1.54) is 51.7 Å². The Morgan fingerprint density at radius 2 is 2.13 bits per heavy atom. The van der Waals surface area contributed by atoms with Crippen LogP contribution in [0.5, 0.6) is 0 Å². The maximum absolute atomic E-state index is 3.45. The Balaban J connectivity index is 2.16. The Morgan fingerprint density at radius 3 is 2.80 bits per heavy atom. The predicted molar refractivity (Wildman–Crippen MR) is 67.3 cm³/mol. The van der Waals surface area contributed by atoms with Gasteiger partial charge in [-0.3, -0.25) is 4.90 Å². The molecule has 0 bridgehead atoms. The third-order valence-electron chi connectivity index (χ3n) is 3.59. The van der Waals surface area contributed by atoms with E-state index in [0.29, 0.717) is 0 Å². The summed E-state index contributed by atoms with van der Waals surface area (Å²) in [4.78, 5) is 2.67. The van der Waals surface area contributed by atoms with Gasteiger partial charge in [0.25, 0.3) is 0 Å². The van der Waals surface area contributed by atoms with Gasteiger partial charge in [-0.15, -0.1) is 0 Å². The van der Waals surface area contributed by atoms with Gasteiger partial charge < -0.3 is 5.32 Å². The first kappa shape index (κ1) is 13.0. The van der Waals surface area contributed by atoms with E-state index in [1.54, 1.807) is 0 Å². The molecule has 1 saturated heterocycles. The van der Waals surface area contributed by atoms with Gasteiger partial charge in [0.05, 0.1) is 0 Å². The molecule has 2 atom stereocenters. The maximum atomic E-state index is 3.45. The second kappa shape index (κ2) is 7.24. The largest absolute Gasteiger partial charge is 0.314 e. The van der Waals surface area contributed by atoms with Crippen molar-refractivity contribution in [3.8, 4) is 0 Å². The molecule has 1 heterocycles. The minimum Gasteiger partial charge on any atom is -0.314 e. The third kappa shape index (κ3) is 4.52. The average Bonchev–Trinajstić information content (AvgIpc) is 2.25. The van der Waals surface area contributed by atoms with Crippen molar-refractivity contribution in [3.05, 3.63) is 0 Å². The summed E-state index contributed by atoms with van der Waals surface area (Å²) in [5, 5.41) is 3.45. The summed E-state index contributed by atoms with van der Waals surface area (Å²) in [7, 11) is 0. The van der Waals surface area contributed by atoms with Gasteiger partial charge in [0, 0.05) is 31.7 Å². The zero-order valence-corrected chi connectivity index (χ0v) is 10.8. The molecule has 1 aliphatic rings. The highest BCUT2D eigenvalue weighted by Gasteiger charge is 2.22. The van der Waals surface area contributed by atoms with Crippen molar-refractivity contribution in [1.82, 2.24) is 10.2 Å². The van der Waals surface area contributed by atoms with Gasteiger partial charge in [-0.25, -0.2) is 0 Å². The SMILES string of the molecule is CCCCCC[C@H](C)N1CCNC[C@@H]1C. The van der Waals surface area contributed by atoms with E-state index in [0.717, 1.165) is 12.1 Å². The lowest BCUT2D eigenvalue weighted by molar-refractivity contribution is 0.118. The summed E-state index contributed by atoms with van der Waals surface area (Å²) in [5.74, 6) is 0. The molecule has 90 valence electrons. The number of rotatable bonds is 6. The Bertz CT molecular complexity index is 159. The molecule has 0 aliphatic carbocycles. The molecule has 0 amide bonds. The lowest BCUT2D eigenvalue weighted by Gasteiger charge is -2.38. The summed E-state index contributed by atoms with van der Waals surface area (Å²) in [6.07, 6.45) is 6.96. The second-order valence-corrected chi connectivity index (χ2v) is 4.99. The molecule has 0 spiro atoms. The van der Waals surface area contributed by atoms with Crippen molar-refractivity contribution in [2.24, 2.45) is 0 Å². The van der Waals surface area contributed by atoms with Crippen molar-refractivity contribution in [2.45, 2.75) is 65.0 Å². The maximum Gasteiger partial charge on any atom is 0.0195 e. The molecular formula is C13H28N2. The first-order valence-electron chi connectivity index (χ1n) is 6.72. The smallest absolute Gasteiger partial charge is 0.0195 e. The fourth-order valence-electron chi connectivity index (χ4n) is 2.54. The summed E-state index contributed by atoms with van der Waals surface area (Å²) < 4.78 is 0. The highest BCUT2D eigenvalue weighted by molar-refractivity contribution is 4.80. The van der Waals surface area contributed by atoms with Crippen LogP contribution in [-0.4, -0.2) is 36.6 Å². The highest BCUT2D eigenvalue weighted by atomic mass is 15.2. The number of nitrogens with one attached hydrogen (secondary N) is 1. The molecule has 2 heteroatoms. The molecule has 0 saturated carbocycles. The Hall–Kier alpha value is -0.0800. The van der Waals surface area contributed by atoms with Crippen LogP contribution in [0.2, 0.25) is 0 Å². The molecule has 1 N–H and O–H groups in total. The van der Waals surface area contributed by atoms with Crippen molar-refractivity contribution in [2.75, 3.05) is 19.6 Å². The predicted octanol–water partition coefficient (Wildman–Crippen LogP) is 2.64. The molecule has 1 rings (SSSR count). The summed E-state index contributed by atoms with van der Waals surface area (Å²) in [5.41, 5.74) is 0. The Morgan fingerprint density at radius 1 is 1.33 bits per heavy atom. The second-order valence-electron chi connectivity index (χ2n) is 4.99. The van der Waals surface area contributed by atoms with Crippen LogP contribution in [0.15, 0.2) is 0 Å². The molecule has 15 heavy (non-hydrogen) atoms. The molecule has 1 aliphatic heterocycles. The van der Waals surface area contributed by atoms with Gasteiger partial charge in [0.15, 0.2) is 0 Å². The van der Waals surface area contributed by atoms with Gasteiger partial charge in [-0.1, -0.05) is 32.6 Å². The normalized spacial score (nSPS) is 25.4. The fourth-order valence-corrected chi connectivity index (χ4v) is 2.54. The third-order valence-corrected chi connectivity index (χ3v) is 3.59. The van der Waals surface area contributed by atoms with Crippen molar-refractivity contribution in [3.63, 3.8) is 0 Å². The van der Waals surface area contributed by atoms with Gasteiger partial charge in [-0.2, -0.15) is 0 Å². The monoisotopic (exact) mass is 212 g/mol. The molecule has 1 fully saturated rings. The molecule has 0 aromatic heterocycles. The summed E-state index contributed by atoms with van der Waals surface area (Å²) in [6.45, 7) is 10.6. The zero-order valence-electron chi connectivity index (χ0n) is 10.8. The van der Waals surface area contributed by atoms with Crippen molar-refractivity contribution < 1.29 is 0 Å². The van der Waals surface area contributed by atoms with Crippen LogP contribution in [0.1, 0.15) is 52.9 Å². The Labute approximate surface area is 95.4 Å². The molecule has 2 nitrogen and oxygen atoms in total. The number of piperazine rings is 1. The van der Waals surface area contributed by atoms with E-state index in [4.69, 9.17) is 0 Å². The average molecular weight is 212 g/mol. The zero-order chi connectivity index (χ0) is 11.1. The summed E-state index contributed by atoms with van der Waals surface area (Å²) >= 11 is 0. The fraction of sp³-hybridized carbons (Fsp3) is 1.00. The van der Waals surface area contributed by atoms with Crippen LogP contribution in [0, 0.1) is 0 Å². The van der Waals surface area contributed by atoms with Gasteiger partial charge in [0.2, 0.25) is 0 Å². The van der Waals surface area contributed by atoms with Gasteiger partial charge in [-0.05, 0) is 20.3 Å². The first-order chi connectivity index (χ1) is 7.25. The molecule has 0 aromatic rings. The lowest BCUT2D eigenvalue weighted by atomic mass is 10.0. The molecular weight excluding hydrogens is 184 g/mol. The van der Waals surface area contributed by atoms with Crippen LogP contribution >= 0.6 is 0 Å². The van der Waals surface area contributed by atoms with E-state index in [1.807, 2.05) is 0 Å². The highest BCUT2D eigenvalue weighted by Crippen LogP contribution is 2.14. The van der Waals surface area contributed by atoms with Crippen LogP contribution in [0.25, 0.3) is 0 Å². The van der Waals surface area contributed by atoms with E-state index >= 15 is 0 Å². The quantitative estimate of drug-likeness (QED) is 0.681. The molecule has 0 unspecified atom stereocenters. The summed E-state index contributed by atoms with van der Waals surface area (Å²) in [6, 6.07) is 1.50. The Kier molecular flexibility index (Phi) is 6.26. The van der Waals surface area contributed by atoms with Crippen LogP contribution in [0.3, 0.4) is 0 Å². The number of hydrogen-bond acceptors (Lipinski definition) is 2. The van der Waals surface area contributed by atoms with Crippen LogP contribution in [-0.2, 0) is 0 Å². The topological polar surface area (TPSA) is 15.3 Å². The minimum absolute atomic E-state index is 0.722. The molecule has 0 radical (unpaired) electrons. The van der Waals surface area contributed by atoms with Crippen LogP contribution in [0.4, 0.5) is 0 Å². The van der Waals surface area contributed by atoms with E-state index in [2.05, 4.69) is 31.0 Å². The number of nitrogens with zero attached hydrogens (tertiary/aromatic N) is 1. The van der Waals surface area contributed by atoms with Gasteiger partial charge >= 0.3 is 0 Å².